The highest BCUT2D eigenvalue weighted by Crippen LogP contribution is 2.41. The second kappa shape index (κ2) is 13.4. The van der Waals surface area contributed by atoms with Gasteiger partial charge in [0.2, 0.25) is 0 Å². The quantitative estimate of drug-likeness (QED) is 0.315. The third-order valence-corrected chi connectivity index (χ3v) is 9.59. The van der Waals surface area contributed by atoms with Gasteiger partial charge in [0.05, 0.1) is 26.0 Å². The van der Waals surface area contributed by atoms with E-state index in [1.165, 1.54) is 12.1 Å². The van der Waals surface area contributed by atoms with Crippen molar-refractivity contribution in [2.45, 2.75) is 56.8 Å². The summed E-state index contributed by atoms with van der Waals surface area (Å²) >= 11 is 0. The predicted molar refractivity (Wildman–Crippen MR) is 166 cm³/mol. The lowest BCUT2D eigenvalue weighted by molar-refractivity contribution is -0.0941. The molecule has 2 unspecified atom stereocenters. The van der Waals surface area contributed by atoms with Crippen LogP contribution in [0.1, 0.15) is 38.5 Å². The molecule has 0 spiro atoms. The van der Waals surface area contributed by atoms with Gasteiger partial charge in [0.15, 0.2) is 0 Å². The Hall–Kier alpha value is -3.57. The van der Waals surface area contributed by atoms with Gasteiger partial charge < -0.3 is 19.7 Å². The van der Waals surface area contributed by atoms with Crippen LogP contribution in [-0.4, -0.2) is 75.7 Å². The number of allylic oxidation sites excluding steroid dienone is 3. The van der Waals surface area contributed by atoms with Crippen LogP contribution in [-0.2, 0) is 4.74 Å². The van der Waals surface area contributed by atoms with Crippen molar-refractivity contribution in [2.24, 2.45) is 5.92 Å². The van der Waals surface area contributed by atoms with Gasteiger partial charge in [-0.1, -0.05) is 17.7 Å². The fourth-order valence-electron chi connectivity index (χ4n) is 7.23. The molecule has 3 saturated heterocycles. The fraction of sp³-hybridized carbons (Fsp3) is 0.500. The Labute approximate surface area is 261 Å². The number of rotatable bonds is 8. The van der Waals surface area contributed by atoms with Gasteiger partial charge in [-0.3, -0.25) is 9.80 Å². The zero-order chi connectivity index (χ0) is 31.6. The lowest BCUT2D eigenvalue weighted by Gasteiger charge is -2.41. The number of benzene rings is 2. The molecule has 3 fully saturated rings. The third-order valence-electron chi connectivity index (χ3n) is 9.59. The molecule has 2 atom stereocenters. The standard InChI is InChI=1S/C34H40F4N4O3/c1-44-30-11-6-26(7-12-30)39-33(43)42(29-10-13-32(31(35)20-29)40-14-16-45-17-15-40)22-24-18-27-8-9-28(19-24)41(27)21-23-2-4-25(5-3-23)34(36,37)38/h2,4,6-7,10-13,20,24,27-28H,3,5,8-9,14-19,21-22H2,1H3,(H,39,43). The monoisotopic (exact) mass is 628 g/mol. The second-order valence-electron chi connectivity index (χ2n) is 12.4. The minimum atomic E-state index is -4.27. The number of anilines is 3. The molecule has 242 valence electrons. The van der Waals surface area contributed by atoms with Crippen LogP contribution in [0.5, 0.6) is 5.75 Å². The first-order valence-electron chi connectivity index (χ1n) is 15.7. The van der Waals surface area contributed by atoms with Gasteiger partial charge in [0, 0.05) is 55.2 Å². The number of nitrogens with zero attached hydrogens (tertiary/aromatic N) is 3. The smallest absolute Gasteiger partial charge is 0.412 e. The van der Waals surface area contributed by atoms with E-state index in [9.17, 15) is 18.0 Å². The number of ether oxygens (including phenoxy) is 2. The number of piperidine rings is 1. The van der Waals surface area contributed by atoms with E-state index in [-0.39, 0.29) is 24.2 Å². The molecule has 6 rings (SSSR count). The fourth-order valence-corrected chi connectivity index (χ4v) is 7.23. The maximum atomic E-state index is 15.5. The Kier molecular flexibility index (Phi) is 9.37. The van der Waals surface area contributed by atoms with Crippen LogP contribution in [0, 0.1) is 11.7 Å². The largest absolute Gasteiger partial charge is 0.497 e. The highest BCUT2D eigenvalue weighted by atomic mass is 19.4. The lowest BCUT2D eigenvalue weighted by atomic mass is 9.89. The van der Waals surface area contributed by atoms with Crippen molar-refractivity contribution in [1.82, 2.24) is 4.90 Å². The van der Waals surface area contributed by atoms with Crippen molar-refractivity contribution in [3.05, 3.63) is 71.6 Å². The Morgan fingerprint density at radius 2 is 1.73 bits per heavy atom. The van der Waals surface area contributed by atoms with Crippen molar-refractivity contribution in [2.75, 3.05) is 61.6 Å². The summed E-state index contributed by atoms with van der Waals surface area (Å²) in [6.45, 7) is 3.41. The Morgan fingerprint density at radius 1 is 1.02 bits per heavy atom. The van der Waals surface area contributed by atoms with Gasteiger partial charge in [-0.25, -0.2) is 9.18 Å². The Balaban J connectivity index is 1.17. The first-order chi connectivity index (χ1) is 21.7. The first kappa shape index (κ1) is 31.4. The number of alkyl halides is 3. The van der Waals surface area contributed by atoms with E-state index < -0.39 is 11.7 Å². The summed E-state index contributed by atoms with van der Waals surface area (Å²) in [5.41, 5.74) is 2.17. The van der Waals surface area contributed by atoms with Crippen LogP contribution in [0.4, 0.5) is 39.4 Å². The minimum Gasteiger partial charge on any atom is -0.497 e. The summed E-state index contributed by atoms with van der Waals surface area (Å²) in [7, 11) is 1.58. The van der Waals surface area contributed by atoms with E-state index in [4.69, 9.17) is 9.47 Å². The van der Waals surface area contributed by atoms with Crippen molar-refractivity contribution in [3.63, 3.8) is 0 Å². The molecule has 3 aliphatic heterocycles. The topological polar surface area (TPSA) is 57.3 Å². The van der Waals surface area contributed by atoms with Gasteiger partial charge in [0.1, 0.15) is 11.6 Å². The predicted octanol–water partition coefficient (Wildman–Crippen LogP) is 7.16. The minimum absolute atomic E-state index is 0.0281. The number of urea groups is 1. The number of hydrogen-bond donors (Lipinski definition) is 1. The number of morpholine rings is 1. The molecule has 0 aromatic heterocycles. The summed E-state index contributed by atoms with van der Waals surface area (Å²) in [6.07, 6.45) is 2.86. The van der Waals surface area contributed by atoms with Crippen molar-refractivity contribution in [3.8, 4) is 5.75 Å². The summed E-state index contributed by atoms with van der Waals surface area (Å²) in [4.78, 5) is 19.8. The summed E-state index contributed by atoms with van der Waals surface area (Å²) in [6, 6.07) is 12.3. The molecular formula is C34H40F4N4O3. The highest BCUT2D eigenvalue weighted by molar-refractivity contribution is 6.01. The van der Waals surface area contributed by atoms with Gasteiger partial charge in [-0.2, -0.15) is 13.2 Å². The van der Waals surface area contributed by atoms with Crippen LogP contribution >= 0.6 is 0 Å². The molecule has 1 aliphatic carbocycles. The van der Waals surface area contributed by atoms with Crippen LogP contribution in [0.3, 0.4) is 0 Å². The van der Waals surface area contributed by atoms with E-state index in [0.29, 0.717) is 80.7 Å². The zero-order valence-corrected chi connectivity index (χ0v) is 25.5. The van der Waals surface area contributed by atoms with Crippen LogP contribution < -0.4 is 19.9 Å². The average molecular weight is 629 g/mol. The number of carbonyl (C=O) groups excluding carboxylic acids is 1. The number of amides is 2. The first-order valence-corrected chi connectivity index (χ1v) is 15.7. The number of methoxy groups -OCH3 is 1. The highest BCUT2D eigenvalue weighted by Gasteiger charge is 2.42. The van der Waals surface area contributed by atoms with Crippen LogP contribution in [0.2, 0.25) is 0 Å². The molecule has 11 heteroatoms. The molecule has 2 amide bonds. The van der Waals surface area contributed by atoms with E-state index in [2.05, 4.69) is 10.2 Å². The van der Waals surface area contributed by atoms with Gasteiger partial charge in [-0.05, 0) is 86.9 Å². The maximum absolute atomic E-state index is 15.5. The summed E-state index contributed by atoms with van der Waals surface area (Å²) in [5.74, 6) is 0.489. The zero-order valence-electron chi connectivity index (χ0n) is 25.5. The number of hydrogen-bond acceptors (Lipinski definition) is 5. The molecule has 2 bridgehead atoms. The third kappa shape index (κ3) is 7.30. The van der Waals surface area contributed by atoms with Crippen LogP contribution in [0.15, 0.2) is 65.8 Å². The molecule has 3 heterocycles. The Bertz CT molecular complexity index is 1410. The normalized spacial score (nSPS) is 23.8. The molecule has 0 saturated carbocycles. The van der Waals surface area contributed by atoms with E-state index >= 15 is 4.39 Å². The average Bonchev–Trinajstić information content (AvgIpc) is 3.26. The number of carbonyl (C=O) groups is 1. The van der Waals surface area contributed by atoms with E-state index in [0.717, 1.165) is 31.3 Å². The molecule has 7 nitrogen and oxygen atoms in total. The van der Waals surface area contributed by atoms with Crippen LogP contribution in [0.25, 0.3) is 0 Å². The molecular weight excluding hydrogens is 588 g/mol. The SMILES string of the molecule is COc1ccc(NC(=O)N(CC2CC3CCC(C2)N3CC2=CC=C(C(F)(F)F)CC2)c2ccc(N3CCOCC3)c(F)c2)cc1. The summed E-state index contributed by atoms with van der Waals surface area (Å²) in [5, 5.41) is 2.97. The lowest BCUT2D eigenvalue weighted by Crippen LogP contribution is -2.47. The number of fused-ring (bicyclic) bond motifs is 2. The van der Waals surface area contributed by atoms with Gasteiger partial charge in [0.25, 0.3) is 0 Å². The molecule has 1 N–H and O–H groups in total. The molecule has 4 aliphatic rings. The molecule has 2 aromatic rings. The number of nitrogens with one attached hydrogen (secondary N) is 1. The Morgan fingerprint density at radius 3 is 2.33 bits per heavy atom. The molecule has 45 heavy (non-hydrogen) atoms. The van der Waals surface area contributed by atoms with E-state index in [1.807, 2.05) is 11.0 Å². The van der Waals surface area contributed by atoms with Crippen molar-refractivity contribution < 1.29 is 31.8 Å². The van der Waals surface area contributed by atoms with Crippen molar-refractivity contribution in [1.29, 1.82) is 0 Å². The molecule has 2 aromatic carbocycles. The van der Waals surface area contributed by atoms with Gasteiger partial charge in [-0.15, -0.1) is 0 Å². The van der Waals surface area contributed by atoms with E-state index in [1.54, 1.807) is 48.4 Å². The summed E-state index contributed by atoms with van der Waals surface area (Å²) < 4.78 is 65.4. The second-order valence-corrected chi connectivity index (χ2v) is 12.4. The molecule has 0 radical (unpaired) electrons. The number of halogens is 4. The van der Waals surface area contributed by atoms with Crippen molar-refractivity contribution >= 4 is 23.1 Å². The van der Waals surface area contributed by atoms with Gasteiger partial charge >= 0.3 is 12.2 Å². The maximum Gasteiger partial charge on any atom is 0.412 e.